The Morgan fingerprint density at radius 3 is 2.45 bits per heavy atom. The van der Waals surface area contributed by atoms with Gasteiger partial charge in [0, 0.05) is 18.2 Å². The van der Waals surface area contributed by atoms with Crippen LogP contribution in [0.4, 0.5) is 0 Å². The zero-order valence-corrected chi connectivity index (χ0v) is 17.4. The Morgan fingerprint density at radius 1 is 1.10 bits per heavy atom. The molecule has 1 aromatic heterocycles. The Morgan fingerprint density at radius 2 is 1.79 bits per heavy atom. The molecule has 0 spiro atoms. The maximum absolute atomic E-state index is 12.3. The van der Waals surface area contributed by atoms with E-state index in [1.807, 2.05) is 30.3 Å². The Labute approximate surface area is 173 Å². The highest BCUT2D eigenvalue weighted by molar-refractivity contribution is 8.00. The third kappa shape index (κ3) is 5.74. The number of hydrogen-bond donors (Lipinski definition) is 1. The van der Waals surface area contributed by atoms with Gasteiger partial charge in [-0.1, -0.05) is 42.1 Å². The lowest BCUT2D eigenvalue weighted by Crippen LogP contribution is -2.32. The number of amides is 1. The Kier molecular flexibility index (Phi) is 7.13. The molecule has 152 valence electrons. The van der Waals surface area contributed by atoms with Gasteiger partial charge in [0.25, 0.3) is 5.22 Å². The molecule has 1 N–H and O–H groups in total. The molecule has 0 bridgehead atoms. The van der Waals surface area contributed by atoms with E-state index in [0.29, 0.717) is 34.7 Å². The topological polar surface area (TPSA) is 86.5 Å². The van der Waals surface area contributed by atoms with Crippen molar-refractivity contribution >= 4 is 17.7 Å². The highest BCUT2D eigenvalue weighted by atomic mass is 32.2. The fourth-order valence-corrected chi connectivity index (χ4v) is 3.34. The molecule has 3 aromatic rings. The van der Waals surface area contributed by atoms with Crippen molar-refractivity contribution < 1.29 is 18.7 Å². The Hall–Kier alpha value is -3.00. The van der Waals surface area contributed by atoms with Crippen LogP contribution in [0.5, 0.6) is 11.5 Å². The summed E-state index contributed by atoms with van der Waals surface area (Å²) >= 11 is 1.22. The maximum atomic E-state index is 12.3. The number of hydrogen-bond acceptors (Lipinski definition) is 7. The number of methoxy groups -OCH3 is 2. The first-order valence-electron chi connectivity index (χ1n) is 9.14. The molecule has 8 heteroatoms. The van der Waals surface area contributed by atoms with Gasteiger partial charge in [-0.2, -0.15) is 0 Å². The van der Waals surface area contributed by atoms with Gasteiger partial charge in [0.2, 0.25) is 11.8 Å². The standard InChI is InChI=1S/C21H23N3O4S/c1-14(19(25)22-10-9-15-7-5-4-6-8-15)29-21-24-23-20(28-21)16-11-17(26-2)13-18(12-16)27-3/h4-8,11-14H,9-10H2,1-3H3,(H,22,25)/t14-/m1/s1. The third-order valence-electron chi connectivity index (χ3n) is 4.21. The SMILES string of the molecule is COc1cc(OC)cc(-c2nnc(S[C@H](C)C(=O)NCCc3ccccc3)o2)c1. The average Bonchev–Trinajstić information content (AvgIpc) is 3.22. The molecule has 0 aliphatic rings. The highest BCUT2D eigenvalue weighted by Gasteiger charge is 2.19. The van der Waals surface area contributed by atoms with Gasteiger partial charge in [0.05, 0.1) is 19.5 Å². The predicted octanol–water partition coefficient (Wildman–Crippen LogP) is 3.59. The van der Waals surface area contributed by atoms with Crippen molar-refractivity contribution in [3.05, 3.63) is 54.1 Å². The van der Waals surface area contributed by atoms with Gasteiger partial charge in [0.15, 0.2) is 0 Å². The lowest BCUT2D eigenvalue weighted by molar-refractivity contribution is -0.120. The molecule has 0 aliphatic heterocycles. The lowest BCUT2D eigenvalue weighted by atomic mass is 10.1. The summed E-state index contributed by atoms with van der Waals surface area (Å²) in [7, 11) is 3.15. The zero-order valence-electron chi connectivity index (χ0n) is 16.5. The molecule has 0 saturated carbocycles. The molecule has 0 saturated heterocycles. The van der Waals surface area contributed by atoms with E-state index in [-0.39, 0.29) is 11.2 Å². The van der Waals surface area contributed by atoms with Crippen LogP contribution in [0.2, 0.25) is 0 Å². The summed E-state index contributed by atoms with van der Waals surface area (Å²) in [5, 5.41) is 11.0. The van der Waals surface area contributed by atoms with Crippen molar-refractivity contribution in [1.82, 2.24) is 15.5 Å². The molecule has 7 nitrogen and oxygen atoms in total. The summed E-state index contributed by atoms with van der Waals surface area (Å²) in [6.07, 6.45) is 0.784. The van der Waals surface area contributed by atoms with E-state index >= 15 is 0 Å². The van der Waals surface area contributed by atoms with Gasteiger partial charge in [-0.05, 0) is 31.0 Å². The van der Waals surface area contributed by atoms with Crippen LogP contribution in [0.1, 0.15) is 12.5 Å². The summed E-state index contributed by atoms with van der Waals surface area (Å²) in [6.45, 7) is 2.38. The van der Waals surface area contributed by atoms with Crippen molar-refractivity contribution in [3.63, 3.8) is 0 Å². The molecule has 0 unspecified atom stereocenters. The highest BCUT2D eigenvalue weighted by Crippen LogP contribution is 2.31. The monoisotopic (exact) mass is 413 g/mol. The van der Waals surface area contributed by atoms with E-state index in [1.165, 1.54) is 17.3 Å². The first-order chi connectivity index (χ1) is 14.1. The smallest absolute Gasteiger partial charge is 0.277 e. The molecule has 3 rings (SSSR count). The summed E-state index contributed by atoms with van der Waals surface area (Å²) in [5.41, 5.74) is 1.86. The number of nitrogens with one attached hydrogen (secondary N) is 1. The molecular formula is C21H23N3O4S. The van der Waals surface area contributed by atoms with Crippen molar-refractivity contribution in [1.29, 1.82) is 0 Å². The third-order valence-corrected chi connectivity index (χ3v) is 5.14. The second-order valence-corrected chi connectivity index (χ2v) is 7.55. The average molecular weight is 413 g/mol. The van der Waals surface area contributed by atoms with Gasteiger partial charge in [-0.25, -0.2) is 0 Å². The fraction of sp³-hybridized carbons (Fsp3) is 0.286. The van der Waals surface area contributed by atoms with Gasteiger partial charge in [0.1, 0.15) is 11.5 Å². The second-order valence-electron chi connectivity index (χ2n) is 6.26. The van der Waals surface area contributed by atoms with Gasteiger partial charge >= 0.3 is 0 Å². The van der Waals surface area contributed by atoms with Crippen molar-refractivity contribution in [3.8, 4) is 23.0 Å². The first-order valence-corrected chi connectivity index (χ1v) is 10.0. The van der Waals surface area contributed by atoms with Crippen LogP contribution in [-0.2, 0) is 11.2 Å². The fourth-order valence-electron chi connectivity index (χ4n) is 2.63. The van der Waals surface area contributed by atoms with Crippen LogP contribution in [0.15, 0.2) is 58.2 Å². The quantitative estimate of drug-likeness (QED) is 0.537. The number of carbonyl (C=O) groups excluding carboxylic acids is 1. The summed E-state index contributed by atoms with van der Waals surface area (Å²) in [6, 6.07) is 15.4. The lowest BCUT2D eigenvalue weighted by Gasteiger charge is -2.09. The predicted molar refractivity (Wildman–Crippen MR) is 111 cm³/mol. The van der Waals surface area contributed by atoms with E-state index in [1.54, 1.807) is 39.3 Å². The largest absolute Gasteiger partial charge is 0.497 e. The molecule has 0 radical (unpaired) electrons. The van der Waals surface area contributed by atoms with Gasteiger partial charge < -0.3 is 19.2 Å². The summed E-state index contributed by atoms with van der Waals surface area (Å²) in [4.78, 5) is 12.3. The van der Waals surface area contributed by atoms with E-state index < -0.39 is 0 Å². The van der Waals surface area contributed by atoms with Crippen LogP contribution in [0, 0.1) is 0 Å². The van der Waals surface area contributed by atoms with Crippen LogP contribution in [0.25, 0.3) is 11.5 Å². The van der Waals surface area contributed by atoms with Crippen LogP contribution < -0.4 is 14.8 Å². The van der Waals surface area contributed by atoms with E-state index in [2.05, 4.69) is 15.5 Å². The van der Waals surface area contributed by atoms with E-state index in [4.69, 9.17) is 13.9 Å². The number of benzene rings is 2. The van der Waals surface area contributed by atoms with Crippen molar-refractivity contribution in [2.24, 2.45) is 0 Å². The van der Waals surface area contributed by atoms with E-state index in [0.717, 1.165) is 6.42 Å². The Balaban J connectivity index is 1.57. The molecule has 1 atom stereocenters. The van der Waals surface area contributed by atoms with E-state index in [9.17, 15) is 4.79 Å². The normalized spacial score (nSPS) is 11.7. The van der Waals surface area contributed by atoms with Crippen molar-refractivity contribution in [2.75, 3.05) is 20.8 Å². The van der Waals surface area contributed by atoms with Crippen LogP contribution >= 0.6 is 11.8 Å². The summed E-state index contributed by atoms with van der Waals surface area (Å²) < 4.78 is 16.2. The van der Waals surface area contributed by atoms with Gasteiger partial charge in [-0.15, -0.1) is 10.2 Å². The number of rotatable bonds is 9. The second kappa shape index (κ2) is 9.97. The number of carbonyl (C=O) groups is 1. The molecule has 29 heavy (non-hydrogen) atoms. The first kappa shape index (κ1) is 20.7. The number of aromatic nitrogens is 2. The molecule has 2 aromatic carbocycles. The minimum Gasteiger partial charge on any atom is -0.497 e. The number of thioether (sulfide) groups is 1. The Bertz CT molecular complexity index is 924. The van der Waals surface area contributed by atoms with Gasteiger partial charge in [-0.3, -0.25) is 4.79 Å². The molecule has 1 amide bonds. The maximum Gasteiger partial charge on any atom is 0.277 e. The van der Waals surface area contributed by atoms with Crippen LogP contribution in [-0.4, -0.2) is 42.1 Å². The number of ether oxygens (including phenoxy) is 2. The molecule has 1 heterocycles. The molecule has 0 fully saturated rings. The van der Waals surface area contributed by atoms with Crippen molar-refractivity contribution in [2.45, 2.75) is 23.8 Å². The molecular weight excluding hydrogens is 390 g/mol. The van der Waals surface area contributed by atoms with Crippen LogP contribution in [0.3, 0.4) is 0 Å². The minimum absolute atomic E-state index is 0.0752. The zero-order chi connectivity index (χ0) is 20.6. The number of nitrogens with zero attached hydrogens (tertiary/aromatic N) is 2. The minimum atomic E-state index is -0.362. The molecule has 0 aliphatic carbocycles. The summed E-state index contributed by atoms with van der Waals surface area (Å²) in [5.74, 6) is 1.51.